The summed E-state index contributed by atoms with van der Waals surface area (Å²) in [5.41, 5.74) is 13.6. The first kappa shape index (κ1) is 18.9. The van der Waals surface area contributed by atoms with Gasteiger partial charge in [-0.15, -0.1) is 0 Å². The van der Waals surface area contributed by atoms with Gasteiger partial charge in [-0.1, -0.05) is 12.1 Å². The highest BCUT2D eigenvalue weighted by molar-refractivity contribution is 5.92. The molecule has 0 saturated carbocycles. The third-order valence-corrected chi connectivity index (χ3v) is 3.36. The van der Waals surface area contributed by atoms with E-state index in [0.717, 1.165) is 11.3 Å². The lowest BCUT2D eigenvalue weighted by atomic mass is 10.2. The normalized spacial score (nSPS) is 10.5. The van der Waals surface area contributed by atoms with Crippen molar-refractivity contribution in [2.24, 2.45) is 0 Å². The van der Waals surface area contributed by atoms with Gasteiger partial charge in [0.1, 0.15) is 12.4 Å². The van der Waals surface area contributed by atoms with E-state index in [1.54, 1.807) is 43.5 Å². The molecule has 2 aromatic carbocycles. The second-order valence-electron chi connectivity index (χ2n) is 5.46. The average Bonchev–Trinajstić information content (AvgIpc) is 2.59. The quantitative estimate of drug-likeness (QED) is 0.399. The van der Waals surface area contributed by atoms with E-state index in [1.165, 1.54) is 6.08 Å². The summed E-state index contributed by atoms with van der Waals surface area (Å²) >= 11 is 0. The number of ether oxygens (including phenoxy) is 2. The number of carbonyl (C=O) groups is 2. The van der Waals surface area contributed by atoms with Crippen molar-refractivity contribution in [3.8, 4) is 5.75 Å². The number of benzene rings is 2. The number of nitrogens with two attached hydrogens (primary N) is 2. The summed E-state index contributed by atoms with van der Waals surface area (Å²) < 4.78 is 10.1. The molecule has 0 heterocycles. The largest absolute Gasteiger partial charge is 0.497 e. The van der Waals surface area contributed by atoms with Gasteiger partial charge in [-0.2, -0.15) is 0 Å². The standard InChI is InChI=1S/C19H21N3O4/c1-25-17-5-2-13(3-6-17)4-7-19(24)26-9-8-18(23)22-16-11-14(20)10-15(21)12-16/h2-7,10-12H,8-9,20-21H2,1H3,(H,22,23)/b7-4+. The molecule has 0 fully saturated rings. The Morgan fingerprint density at radius 2 is 1.73 bits per heavy atom. The van der Waals surface area contributed by atoms with Gasteiger partial charge in [-0.3, -0.25) is 4.79 Å². The lowest BCUT2D eigenvalue weighted by Crippen LogP contribution is -2.15. The summed E-state index contributed by atoms with van der Waals surface area (Å²) in [6.45, 7) is -0.0323. The average molecular weight is 355 g/mol. The first-order chi connectivity index (χ1) is 12.5. The molecule has 0 saturated heterocycles. The fraction of sp³-hybridized carbons (Fsp3) is 0.158. The van der Waals surface area contributed by atoms with Gasteiger partial charge in [0.05, 0.1) is 13.5 Å². The number of nitrogens with one attached hydrogen (secondary N) is 1. The number of nitrogen functional groups attached to an aromatic ring is 2. The van der Waals surface area contributed by atoms with Gasteiger partial charge in [0, 0.05) is 23.1 Å². The first-order valence-electron chi connectivity index (χ1n) is 7.91. The van der Waals surface area contributed by atoms with Crippen molar-refractivity contribution in [3.05, 3.63) is 54.1 Å². The van der Waals surface area contributed by atoms with Crippen LogP contribution in [0, 0.1) is 0 Å². The molecule has 0 bridgehead atoms. The topological polar surface area (TPSA) is 117 Å². The highest BCUT2D eigenvalue weighted by atomic mass is 16.5. The van der Waals surface area contributed by atoms with E-state index in [4.69, 9.17) is 20.9 Å². The predicted molar refractivity (Wildman–Crippen MR) is 102 cm³/mol. The number of hydrogen-bond acceptors (Lipinski definition) is 6. The molecule has 5 N–H and O–H groups in total. The molecule has 7 heteroatoms. The number of anilines is 3. The van der Waals surface area contributed by atoms with Crippen LogP contribution in [-0.2, 0) is 14.3 Å². The molecular formula is C19H21N3O4. The van der Waals surface area contributed by atoms with Gasteiger partial charge in [-0.25, -0.2) is 4.79 Å². The molecule has 7 nitrogen and oxygen atoms in total. The SMILES string of the molecule is COc1ccc(/C=C/C(=O)OCCC(=O)Nc2cc(N)cc(N)c2)cc1. The maximum atomic E-state index is 11.8. The Kier molecular flexibility index (Phi) is 6.61. The second kappa shape index (κ2) is 9.12. The summed E-state index contributed by atoms with van der Waals surface area (Å²) in [6, 6.07) is 12.0. The fourth-order valence-electron chi connectivity index (χ4n) is 2.14. The van der Waals surface area contributed by atoms with E-state index < -0.39 is 5.97 Å². The van der Waals surface area contributed by atoms with Gasteiger partial charge in [0.15, 0.2) is 0 Å². The molecule has 2 rings (SSSR count). The van der Waals surface area contributed by atoms with Crippen molar-refractivity contribution < 1.29 is 19.1 Å². The Balaban J connectivity index is 1.74. The van der Waals surface area contributed by atoms with Crippen LogP contribution in [0.25, 0.3) is 6.08 Å². The molecule has 0 aliphatic heterocycles. The van der Waals surface area contributed by atoms with E-state index in [0.29, 0.717) is 17.1 Å². The zero-order chi connectivity index (χ0) is 18.9. The van der Waals surface area contributed by atoms with Crippen LogP contribution in [0.1, 0.15) is 12.0 Å². The van der Waals surface area contributed by atoms with Gasteiger partial charge >= 0.3 is 5.97 Å². The molecule has 26 heavy (non-hydrogen) atoms. The van der Waals surface area contributed by atoms with Crippen molar-refractivity contribution >= 4 is 35.0 Å². The molecule has 0 aromatic heterocycles. The molecule has 2 aromatic rings. The Morgan fingerprint density at radius 1 is 1.08 bits per heavy atom. The number of rotatable bonds is 7. The predicted octanol–water partition coefficient (Wildman–Crippen LogP) is 2.44. The van der Waals surface area contributed by atoms with Crippen LogP contribution in [0.4, 0.5) is 17.1 Å². The van der Waals surface area contributed by atoms with Crippen molar-refractivity contribution in [2.75, 3.05) is 30.5 Å². The molecule has 0 unspecified atom stereocenters. The summed E-state index contributed by atoms with van der Waals surface area (Å²) in [4.78, 5) is 23.5. The highest BCUT2D eigenvalue weighted by Crippen LogP contribution is 2.18. The van der Waals surface area contributed by atoms with Crippen molar-refractivity contribution in [1.82, 2.24) is 0 Å². The number of methoxy groups -OCH3 is 1. The number of amides is 1. The van der Waals surface area contributed by atoms with E-state index >= 15 is 0 Å². The smallest absolute Gasteiger partial charge is 0.330 e. The summed E-state index contributed by atoms with van der Waals surface area (Å²) in [7, 11) is 1.58. The minimum atomic E-state index is -0.526. The van der Waals surface area contributed by atoms with Crippen LogP contribution in [0.2, 0.25) is 0 Å². The lowest BCUT2D eigenvalue weighted by molar-refractivity contribution is -0.138. The number of esters is 1. The molecule has 0 aliphatic carbocycles. The molecule has 0 radical (unpaired) electrons. The maximum Gasteiger partial charge on any atom is 0.330 e. The maximum absolute atomic E-state index is 11.8. The lowest BCUT2D eigenvalue weighted by Gasteiger charge is -2.07. The van der Waals surface area contributed by atoms with Gasteiger partial charge in [0.25, 0.3) is 0 Å². The van der Waals surface area contributed by atoms with Gasteiger partial charge in [-0.05, 0) is 42.0 Å². The summed E-state index contributed by atoms with van der Waals surface area (Å²) in [5.74, 6) is -0.0959. The Bertz CT molecular complexity index is 781. The van der Waals surface area contributed by atoms with Crippen LogP contribution >= 0.6 is 0 Å². The van der Waals surface area contributed by atoms with Crippen LogP contribution < -0.4 is 21.5 Å². The van der Waals surface area contributed by atoms with Crippen molar-refractivity contribution in [2.45, 2.75) is 6.42 Å². The van der Waals surface area contributed by atoms with Crippen LogP contribution in [0.5, 0.6) is 5.75 Å². The summed E-state index contributed by atoms with van der Waals surface area (Å²) in [6.07, 6.45) is 2.95. The monoisotopic (exact) mass is 355 g/mol. The molecule has 0 spiro atoms. The van der Waals surface area contributed by atoms with Crippen LogP contribution in [0.3, 0.4) is 0 Å². The minimum Gasteiger partial charge on any atom is -0.497 e. The van der Waals surface area contributed by atoms with E-state index in [2.05, 4.69) is 5.32 Å². The minimum absolute atomic E-state index is 0.0246. The van der Waals surface area contributed by atoms with Gasteiger partial charge < -0.3 is 26.3 Å². The fourth-order valence-corrected chi connectivity index (χ4v) is 2.14. The van der Waals surface area contributed by atoms with Crippen molar-refractivity contribution in [3.63, 3.8) is 0 Å². The number of hydrogen-bond donors (Lipinski definition) is 3. The molecule has 136 valence electrons. The third-order valence-electron chi connectivity index (χ3n) is 3.36. The zero-order valence-electron chi connectivity index (χ0n) is 14.4. The second-order valence-corrected chi connectivity index (χ2v) is 5.46. The van der Waals surface area contributed by atoms with Crippen LogP contribution in [-0.4, -0.2) is 25.6 Å². The number of carbonyl (C=O) groups excluding carboxylic acids is 2. The zero-order valence-corrected chi connectivity index (χ0v) is 14.4. The van der Waals surface area contributed by atoms with Crippen molar-refractivity contribution in [1.29, 1.82) is 0 Å². The Hall–Kier alpha value is -3.48. The Morgan fingerprint density at radius 3 is 2.35 bits per heavy atom. The van der Waals surface area contributed by atoms with E-state index in [9.17, 15) is 9.59 Å². The molecular weight excluding hydrogens is 334 g/mol. The first-order valence-corrected chi connectivity index (χ1v) is 7.91. The van der Waals surface area contributed by atoms with Gasteiger partial charge in [0.2, 0.25) is 5.91 Å². The molecule has 0 atom stereocenters. The Labute approximate surface area is 151 Å². The van der Waals surface area contributed by atoms with E-state index in [1.807, 2.05) is 12.1 Å². The van der Waals surface area contributed by atoms with Crippen LogP contribution in [0.15, 0.2) is 48.5 Å². The molecule has 0 aliphatic rings. The third kappa shape index (κ3) is 6.20. The highest BCUT2D eigenvalue weighted by Gasteiger charge is 2.05. The molecule has 1 amide bonds. The summed E-state index contributed by atoms with van der Waals surface area (Å²) in [5, 5.41) is 2.65. The van der Waals surface area contributed by atoms with E-state index in [-0.39, 0.29) is 18.9 Å².